The lowest BCUT2D eigenvalue weighted by atomic mass is 9.94. The van der Waals surface area contributed by atoms with Gasteiger partial charge in [0.05, 0.1) is 29.0 Å². The maximum Gasteiger partial charge on any atom is 0.238 e. The molecule has 7 heteroatoms. The van der Waals surface area contributed by atoms with E-state index in [0.29, 0.717) is 12.5 Å². The summed E-state index contributed by atoms with van der Waals surface area (Å²) < 4.78 is 1.72. The van der Waals surface area contributed by atoms with E-state index >= 15 is 0 Å². The monoisotopic (exact) mass is 366 g/mol. The number of likely N-dealkylation sites (tertiary alicyclic amines) is 1. The molecule has 2 N–H and O–H groups in total. The van der Waals surface area contributed by atoms with Crippen molar-refractivity contribution in [1.29, 1.82) is 0 Å². The molecule has 0 radical (unpaired) electrons. The maximum atomic E-state index is 12.4. The lowest BCUT2D eigenvalue weighted by molar-refractivity contribution is -0.117. The van der Waals surface area contributed by atoms with Crippen molar-refractivity contribution in [2.45, 2.75) is 26.2 Å². The van der Waals surface area contributed by atoms with E-state index in [1.165, 1.54) is 6.42 Å². The average Bonchev–Trinajstić information content (AvgIpc) is 3.17. The number of piperidine rings is 1. The molecule has 7 nitrogen and oxygen atoms in total. The van der Waals surface area contributed by atoms with Crippen LogP contribution in [0, 0.1) is 12.8 Å². The predicted molar refractivity (Wildman–Crippen MR) is 106 cm³/mol. The average molecular weight is 366 g/mol. The maximum absolute atomic E-state index is 12.4. The Kier molecular flexibility index (Phi) is 4.94. The van der Waals surface area contributed by atoms with Gasteiger partial charge in [0.15, 0.2) is 0 Å². The van der Waals surface area contributed by atoms with E-state index < -0.39 is 0 Å². The summed E-state index contributed by atoms with van der Waals surface area (Å²) in [5.74, 6) is 1.58. The van der Waals surface area contributed by atoms with Crippen LogP contribution in [0.25, 0.3) is 11.0 Å². The van der Waals surface area contributed by atoms with Crippen molar-refractivity contribution in [3.05, 3.63) is 42.0 Å². The highest BCUT2D eigenvalue weighted by atomic mass is 16.2. The number of hydrogen-bond donors (Lipinski definition) is 2. The van der Waals surface area contributed by atoms with Gasteiger partial charge < -0.3 is 10.3 Å². The number of nitrogens with zero attached hydrogens (tertiary/aromatic N) is 4. The van der Waals surface area contributed by atoms with Crippen LogP contribution in [0.5, 0.6) is 0 Å². The fourth-order valence-electron chi connectivity index (χ4n) is 3.95. The van der Waals surface area contributed by atoms with Gasteiger partial charge in [0.25, 0.3) is 0 Å². The van der Waals surface area contributed by atoms with E-state index in [9.17, 15) is 4.79 Å². The van der Waals surface area contributed by atoms with Crippen molar-refractivity contribution in [2.24, 2.45) is 13.0 Å². The summed E-state index contributed by atoms with van der Waals surface area (Å²) in [7, 11) is 1.86. The Hall–Kier alpha value is -2.67. The third-order valence-electron chi connectivity index (χ3n) is 5.18. The van der Waals surface area contributed by atoms with E-state index in [-0.39, 0.29) is 5.91 Å². The predicted octanol–water partition coefficient (Wildman–Crippen LogP) is 2.50. The van der Waals surface area contributed by atoms with Crippen LogP contribution in [0.2, 0.25) is 0 Å². The fraction of sp³-hybridized carbons (Fsp3) is 0.450. The van der Waals surface area contributed by atoms with Gasteiger partial charge in [0.2, 0.25) is 5.91 Å². The second-order valence-electron chi connectivity index (χ2n) is 7.50. The highest BCUT2D eigenvalue weighted by Gasteiger charge is 2.23. The van der Waals surface area contributed by atoms with Crippen LogP contribution in [0.1, 0.15) is 24.4 Å². The molecule has 4 rings (SSSR count). The van der Waals surface area contributed by atoms with Crippen LogP contribution in [0.3, 0.4) is 0 Å². The van der Waals surface area contributed by atoms with Gasteiger partial charge in [-0.2, -0.15) is 5.10 Å². The lowest BCUT2D eigenvalue weighted by Gasteiger charge is -2.31. The third kappa shape index (κ3) is 4.19. The van der Waals surface area contributed by atoms with Gasteiger partial charge in [-0.3, -0.25) is 14.4 Å². The van der Waals surface area contributed by atoms with Crippen LogP contribution in [-0.2, 0) is 18.3 Å². The molecule has 142 valence electrons. The molecule has 1 saturated heterocycles. The van der Waals surface area contributed by atoms with E-state index in [2.05, 4.69) is 26.4 Å². The number of imidazole rings is 1. The number of aryl methyl sites for hydroxylation is 2. The topological polar surface area (TPSA) is 78.8 Å². The summed E-state index contributed by atoms with van der Waals surface area (Å²) in [5.41, 5.74) is 3.74. The molecule has 0 aliphatic carbocycles. The minimum absolute atomic E-state index is 0.0236. The molecule has 1 atom stereocenters. The Labute approximate surface area is 158 Å². The number of fused-ring (bicyclic) bond motifs is 1. The molecule has 0 unspecified atom stereocenters. The van der Waals surface area contributed by atoms with Crippen LogP contribution < -0.4 is 5.32 Å². The number of rotatable bonds is 5. The second kappa shape index (κ2) is 7.52. The Morgan fingerprint density at radius 1 is 1.37 bits per heavy atom. The summed E-state index contributed by atoms with van der Waals surface area (Å²) in [4.78, 5) is 22.8. The quantitative estimate of drug-likeness (QED) is 0.727. The molecule has 0 bridgehead atoms. The van der Waals surface area contributed by atoms with Gasteiger partial charge in [-0.1, -0.05) is 12.1 Å². The number of carbonyl (C=O) groups is 1. The van der Waals surface area contributed by atoms with Crippen LogP contribution in [0.15, 0.2) is 30.5 Å². The minimum atomic E-state index is 0.0236. The Morgan fingerprint density at radius 3 is 3.00 bits per heavy atom. The first-order chi connectivity index (χ1) is 13.1. The largest absolute Gasteiger partial charge is 0.342 e. The zero-order valence-electron chi connectivity index (χ0n) is 15.9. The number of H-pyrrole nitrogens is 1. The summed E-state index contributed by atoms with van der Waals surface area (Å²) in [6.45, 7) is 4.22. The number of anilines is 1. The molecule has 1 fully saturated rings. The van der Waals surface area contributed by atoms with E-state index in [4.69, 9.17) is 4.98 Å². The zero-order valence-corrected chi connectivity index (χ0v) is 15.9. The summed E-state index contributed by atoms with van der Waals surface area (Å²) in [5, 5.41) is 7.24. The summed E-state index contributed by atoms with van der Waals surface area (Å²) in [6.07, 6.45) is 5.06. The summed E-state index contributed by atoms with van der Waals surface area (Å²) >= 11 is 0. The summed E-state index contributed by atoms with van der Waals surface area (Å²) in [6, 6.07) is 8.13. The molecule has 1 aliphatic rings. The van der Waals surface area contributed by atoms with E-state index in [1.54, 1.807) is 4.68 Å². The SMILES string of the molecule is Cc1nn(C)cc1NC(=O)CN1CCC[C@H](Cc2nc3ccccc3[nH]2)C1. The Balaban J connectivity index is 1.33. The lowest BCUT2D eigenvalue weighted by Crippen LogP contribution is -2.41. The fourth-order valence-corrected chi connectivity index (χ4v) is 3.95. The minimum Gasteiger partial charge on any atom is -0.342 e. The number of aromatic amines is 1. The molecule has 0 spiro atoms. The first-order valence-electron chi connectivity index (χ1n) is 9.53. The van der Waals surface area contributed by atoms with Crippen LogP contribution in [0.4, 0.5) is 5.69 Å². The van der Waals surface area contributed by atoms with Gasteiger partial charge >= 0.3 is 0 Å². The highest BCUT2D eigenvalue weighted by Crippen LogP contribution is 2.21. The van der Waals surface area contributed by atoms with Crippen molar-refractivity contribution in [1.82, 2.24) is 24.6 Å². The molecule has 1 aliphatic heterocycles. The number of aromatic nitrogens is 4. The smallest absolute Gasteiger partial charge is 0.238 e. The molecule has 3 heterocycles. The van der Waals surface area contributed by atoms with Crippen LogP contribution >= 0.6 is 0 Å². The van der Waals surface area contributed by atoms with Crippen molar-refractivity contribution in [3.8, 4) is 0 Å². The first-order valence-corrected chi connectivity index (χ1v) is 9.53. The molecule has 3 aromatic rings. The molecular weight excluding hydrogens is 340 g/mol. The zero-order chi connectivity index (χ0) is 18.8. The Bertz CT molecular complexity index is 910. The van der Waals surface area contributed by atoms with Gasteiger partial charge in [0.1, 0.15) is 5.82 Å². The van der Waals surface area contributed by atoms with Gasteiger partial charge in [-0.15, -0.1) is 0 Å². The van der Waals surface area contributed by atoms with Crippen LogP contribution in [-0.4, -0.2) is 50.2 Å². The van der Waals surface area contributed by atoms with Crippen molar-refractivity contribution < 1.29 is 4.79 Å². The number of amides is 1. The van der Waals surface area contributed by atoms with E-state index in [1.807, 2.05) is 38.4 Å². The van der Waals surface area contributed by atoms with Crippen molar-refractivity contribution >= 4 is 22.6 Å². The molecule has 1 amide bonds. The second-order valence-corrected chi connectivity index (χ2v) is 7.50. The highest BCUT2D eigenvalue weighted by molar-refractivity contribution is 5.92. The molecule has 0 saturated carbocycles. The van der Waals surface area contributed by atoms with Gasteiger partial charge in [0, 0.05) is 26.2 Å². The van der Waals surface area contributed by atoms with Crippen molar-refractivity contribution in [2.75, 3.05) is 25.0 Å². The number of hydrogen-bond acceptors (Lipinski definition) is 4. The number of carbonyl (C=O) groups excluding carboxylic acids is 1. The van der Waals surface area contributed by atoms with E-state index in [0.717, 1.165) is 54.2 Å². The first kappa shape index (κ1) is 17.7. The number of para-hydroxylation sites is 2. The normalized spacial score (nSPS) is 18.1. The molecular formula is C20H26N6O. The third-order valence-corrected chi connectivity index (χ3v) is 5.18. The molecule has 2 aromatic heterocycles. The van der Waals surface area contributed by atoms with Gasteiger partial charge in [-0.25, -0.2) is 4.98 Å². The van der Waals surface area contributed by atoms with Crippen molar-refractivity contribution in [3.63, 3.8) is 0 Å². The Morgan fingerprint density at radius 2 is 2.22 bits per heavy atom. The number of nitrogens with one attached hydrogen (secondary N) is 2. The molecule has 1 aromatic carbocycles. The molecule has 27 heavy (non-hydrogen) atoms. The standard InChI is InChI=1S/C20H26N6O/c1-14-18(12-25(2)24-14)23-20(27)13-26-9-5-6-15(11-26)10-19-21-16-7-3-4-8-17(16)22-19/h3-4,7-8,12,15H,5-6,9-11,13H2,1-2H3,(H,21,22)(H,23,27)/t15-/m1/s1. The van der Waals surface area contributed by atoms with Gasteiger partial charge in [-0.05, 0) is 44.4 Å². The number of benzene rings is 1.